The Hall–Kier alpha value is -1.72. The van der Waals surface area contributed by atoms with E-state index < -0.39 is 6.10 Å². The average molecular weight is 276 g/mol. The van der Waals surface area contributed by atoms with E-state index in [2.05, 4.69) is 10.3 Å². The Morgan fingerprint density at radius 2 is 2.05 bits per heavy atom. The zero-order valence-electron chi connectivity index (χ0n) is 10.9. The van der Waals surface area contributed by atoms with Gasteiger partial charge in [-0.3, -0.25) is 4.79 Å². The van der Waals surface area contributed by atoms with E-state index in [0.29, 0.717) is 4.88 Å². The van der Waals surface area contributed by atoms with Crippen molar-refractivity contribution < 1.29 is 9.90 Å². The highest BCUT2D eigenvalue weighted by molar-refractivity contribution is 7.13. The van der Waals surface area contributed by atoms with Crippen LogP contribution in [-0.4, -0.2) is 22.5 Å². The number of hydrogen-bond acceptors (Lipinski definition) is 4. The summed E-state index contributed by atoms with van der Waals surface area (Å²) in [6.45, 7) is 3.87. The lowest BCUT2D eigenvalue weighted by Gasteiger charge is -2.11. The minimum atomic E-state index is -0.695. The second kappa shape index (κ2) is 5.95. The highest BCUT2D eigenvalue weighted by Gasteiger charge is 2.15. The summed E-state index contributed by atoms with van der Waals surface area (Å²) in [5.74, 6) is -0.182. The highest BCUT2D eigenvalue weighted by Crippen LogP contribution is 2.17. The quantitative estimate of drug-likeness (QED) is 0.900. The molecule has 1 amide bonds. The molecule has 1 atom stereocenters. The Balaban J connectivity index is 1.96. The van der Waals surface area contributed by atoms with Gasteiger partial charge in [0, 0.05) is 6.54 Å². The number of rotatable bonds is 4. The molecular weight excluding hydrogens is 260 g/mol. The smallest absolute Gasteiger partial charge is 0.263 e. The fourth-order valence-corrected chi connectivity index (χ4v) is 2.64. The van der Waals surface area contributed by atoms with Gasteiger partial charge >= 0.3 is 0 Å². The zero-order valence-corrected chi connectivity index (χ0v) is 11.7. The number of aromatic nitrogens is 1. The van der Waals surface area contributed by atoms with Gasteiger partial charge in [0.05, 0.1) is 16.8 Å². The first-order valence-electron chi connectivity index (χ1n) is 6.03. The topological polar surface area (TPSA) is 62.2 Å². The largest absolute Gasteiger partial charge is 0.387 e. The molecule has 19 heavy (non-hydrogen) atoms. The molecule has 0 fully saturated rings. The lowest BCUT2D eigenvalue weighted by atomic mass is 10.1. The second-order valence-corrected chi connectivity index (χ2v) is 5.49. The molecule has 0 aliphatic carbocycles. The first-order chi connectivity index (χ1) is 9.08. The molecule has 2 aromatic rings. The van der Waals surface area contributed by atoms with E-state index in [0.717, 1.165) is 16.3 Å². The van der Waals surface area contributed by atoms with Gasteiger partial charge in [0.15, 0.2) is 0 Å². The van der Waals surface area contributed by atoms with E-state index in [-0.39, 0.29) is 12.5 Å². The monoisotopic (exact) mass is 276 g/mol. The average Bonchev–Trinajstić information content (AvgIpc) is 2.75. The number of carbonyl (C=O) groups excluding carboxylic acids is 1. The van der Waals surface area contributed by atoms with E-state index in [1.165, 1.54) is 11.3 Å². The van der Waals surface area contributed by atoms with Gasteiger partial charge in [0.25, 0.3) is 5.91 Å². The van der Waals surface area contributed by atoms with Gasteiger partial charge in [-0.15, -0.1) is 11.3 Å². The normalized spacial score (nSPS) is 12.2. The molecule has 0 spiro atoms. The summed E-state index contributed by atoms with van der Waals surface area (Å²) >= 11 is 1.37. The third-order valence-corrected chi connectivity index (χ3v) is 3.82. The van der Waals surface area contributed by atoms with Gasteiger partial charge in [-0.25, -0.2) is 4.98 Å². The first kappa shape index (κ1) is 13.7. The Morgan fingerprint density at radius 1 is 1.37 bits per heavy atom. The maximum atomic E-state index is 12.0. The van der Waals surface area contributed by atoms with Crippen molar-refractivity contribution in [3.8, 4) is 0 Å². The van der Waals surface area contributed by atoms with E-state index in [1.54, 1.807) is 0 Å². The zero-order chi connectivity index (χ0) is 13.8. The summed E-state index contributed by atoms with van der Waals surface area (Å²) in [4.78, 5) is 16.8. The summed E-state index contributed by atoms with van der Waals surface area (Å²) in [7, 11) is 0. The summed E-state index contributed by atoms with van der Waals surface area (Å²) in [6.07, 6.45) is -0.695. The maximum Gasteiger partial charge on any atom is 0.263 e. The Bertz CT molecular complexity index is 566. The molecule has 4 nitrogen and oxygen atoms in total. The summed E-state index contributed by atoms with van der Waals surface area (Å²) in [5, 5.41) is 13.6. The van der Waals surface area contributed by atoms with Crippen LogP contribution in [0.4, 0.5) is 0 Å². The van der Waals surface area contributed by atoms with Gasteiger partial charge in [-0.05, 0) is 19.4 Å². The van der Waals surface area contributed by atoms with Crippen LogP contribution in [-0.2, 0) is 0 Å². The Morgan fingerprint density at radius 3 is 2.63 bits per heavy atom. The fourth-order valence-electron chi connectivity index (χ4n) is 1.80. The molecule has 0 saturated carbocycles. The van der Waals surface area contributed by atoms with E-state index in [1.807, 2.05) is 44.2 Å². The van der Waals surface area contributed by atoms with E-state index >= 15 is 0 Å². The molecule has 0 radical (unpaired) electrons. The maximum absolute atomic E-state index is 12.0. The van der Waals surface area contributed by atoms with Crippen molar-refractivity contribution in [2.24, 2.45) is 0 Å². The summed E-state index contributed by atoms with van der Waals surface area (Å²) in [6, 6.07) is 9.27. The van der Waals surface area contributed by atoms with E-state index in [4.69, 9.17) is 0 Å². The highest BCUT2D eigenvalue weighted by atomic mass is 32.1. The number of carbonyl (C=O) groups is 1. The minimum Gasteiger partial charge on any atom is -0.387 e. The predicted octanol–water partition coefficient (Wildman–Crippen LogP) is 2.22. The molecule has 5 heteroatoms. The number of amides is 1. The third-order valence-electron chi connectivity index (χ3n) is 2.75. The number of nitrogens with zero attached hydrogens (tertiary/aromatic N) is 1. The number of hydrogen-bond donors (Lipinski definition) is 2. The minimum absolute atomic E-state index is 0.182. The molecular formula is C14H16N2O2S. The SMILES string of the molecule is Cc1nc(C)c(C(=O)NCC(O)c2ccccc2)s1. The Kier molecular flexibility index (Phi) is 4.29. The fraction of sp³-hybridized carbons (Fsp3) is 0.286. The van der Waals surface area contributed by atoms with Gasteiger partial charge in [-0.1, -0.05) is 30.3 Å². The molecule has 2 rings (SSSR count). The van der Waals surface area contributed by atoms with Gasteiger partial charge in [-0.2, -0.15) is 0 Å². The molecule has 0 bridgehead atoms. The number of benzene rings is 1. The molecule has 0 saturated heterocycles. The lowest BCUT2D eigenvalue weighted by Crippen LogP contribution is -2.28. The molecule has 1 heterocycles. The van der Waals surface area contributed by atoms with Crippen molar-refractivity contribution in [1.29, 1.82) is 0 Å². The van der Waals surface area contributed by atoms with Crippen molar-refractivity contribution in [2.45, 2.75) is 20.0 Å². The molecule has 0 aliphatic rings. The number of nitrogens with one attached hydrogen (secondary N) is 1. The number of aliphatic hydroxyl groups excluding tert-OH is 1. The van der Waals surface area contributed by atoms with Crippen LogP contribution in [0.1, 0.15) is 32.0 Å². The van der Waals surface area contributed by atoms with Crippen molar-refractivity contribution in [2.75, 3.05) is 6.54 Å². The van der Waals surface area contributed by atoms with Crippen LogP contribution in [0.15, 0.2) is 30.3 Å². The predicted molar refractivity (Wildman–Crippen MR) is 75.3 cm³/mol. The van der Waals surface area contributed by atoms with Crippen LogP contribution < -0.4 is 5.32 Å². The molecule has 1 aromatic carbocycles. The number of aryl methyl sites for hydroxylation is 2. The molecule has 0 aliphatic heterocycles. The standard InChI is InChI=1S/C14H16N2O2S/c1-9-13(19-10(2)16-9)14(18)15-8-12(17)11-6-4-3-5-7-11/h3-7,12,17H,8H2,1-2H3,(H,15,18). The summed E-state index contributed by atoms with van der Waals surface area (Å²) in [5.41, 5.74) is 1.52. The molecule has 2 N–H and O–H groups in total. The van der Waals surface area contributed by atoms with Gasteiger partial charge in [0.2, 0.25) is 0 Å². The van der Waals surface area contributed by atoms with Crippen LogP contribution >= 0.6 is 11.3 Å². The van der Waals surface area contributed by atoms with Crippen molar-refractivity contribution >= 4 is 17.2 Å². The lowest BCUT2D eigenvalue weighted by molar-refractivity contribution is 0.0919. The second-order valence-electron chi connectivity index (χ2n) is 4.28. The molecule has 1 unspecified atom stereocenters. The van der Waals surface area contributed by atoms with Gasteiger partial charge in [0.1, 0.15) is 4.88 Å². The number of thiazole rings is 1. The third kappa shape index (κ3) is 3.39. The van der Waals surface area contributed by atoms with Crippen molar-refractivity contribution in [1.82, 2.24) is 10.3 Å². The van der Waals surface area contributed by atoms with Crippen LogP contribution in [0, 0.1) is 13.8 Å². The Labute approximate surface area is 116 Å². The van der Waals surface area contributed by atoms with Crippen molar-refractivity contribution in [3.05, 3.63) is 51.5 Å². The molecule has 1 aromatic heterocycles. The van der Waals surface area contributed by atoms with Crippen molar-refractivity contribution in [3.63, 3.8) is 0 Å². The number of aliphatic hydroxyl groups is 1. The van der Waals surface area contributed by atoms with Crippen LogP contribution in [0.3, 0.4) is 0 Å². The van der Waals surface area contributed by atoms with Gasteiger partial charge < -0.3 is 10.4 Å². The van der Waals surface area contributed by atoms with Crippen LogP contribution in [0.2, 0.25) is 0 Å². The summed E-state index contributed by atoms with van der Waals surface area (Å²) < 4.78 is 0. The molecule has 100 valence electrons. The van der Waals surface area contributed by atoms with E-state index in [9.17, 15) is 9.90 Å². The first-order valence-corrected chi connectivity index (χ1v) is 6.85. The van der Waals surface area contributed by atoms with Crippen LogP contribution in [0.5, 0.6) is 0 Å². The van der Waals surface area contributed by atoms with Crippen LogP contribution in [0.25, 0.3) is 0 Å².